The number of ketones is 2. The molecule has 338 valence electrons. The third-order valence-corrected chi connectivity index (χ3v) is 12.3. The van der Waals surface area contributed by atoms with E-state index in [0.29, 0.717) is 28.0 Å². The number of para-hydroxylation sites is 1. The average molecular weight is 887 g/mol. The van der Waals surface area contributed by atoms with E-state index < -0.39 is 104 Å². The number of aliphatic hydroxyl groups excluding tert-OH is 6. The van der Waals surface area contributed by atoms with Crippen LogP contribution >= 0.6 is 0 Å². The van der Waals surface area contributed by atoms with Crippen molar-refractivity contribution >= 4 is 47.0 Å². The Morgan fingerprint density at radius 1 is 1.00 bits per heavy atom. The first-order chi connectivity index (χ1) is 30.8. The van der Waals surface area contributed by atoms with Gasteiger partial charge < -0.3 is 59.5 Å². The monoisotopic (exact) mass is 886 g/mol. The Kier molecular flexibility index (Phi) is 13.0. The Balaban J connectivity index is 1.45. The number of fused-ring (bicyclic) bond motifs is 6. The van der Waals surface area contributed by atoms with Gasteiger partial charge in [0.2, 0.25) is 18.0 Å². The highest BCUT2D eigenvalue weighted by Gasteiger charge is 2.57. The van der Waals surface area contributed by atoms with Crippen molar-refractivity contribution in [2.45, 2.75) is 74.5 Å². The third-order valence-electron chi connectivity index (χ3n) is 12.3. The molecule has 1 saturated heterocycles. The van der Waals surface area contributed by atoms with Crippen LogP contribution in [0, 0.1) is 11.3 Å². The molecule has 20 nitrogen and oxygen atoms in total. The van der Waals surface area contributed by atoms with Gasteiger partial charge in [-0.05, 0) is 48.6 Å². The molecule has 9 atom stereocenters. The Hall–Kier alpha value is -5.65. The van der Waals surface area contributed by atoms with Crippen LogP contribution in [0.15, 0.2) is 58.5 Å². The fourth-order valence-electron chi connectivity index (χ4n) is 9.11. The van der Waals surface area contributed by atoms with Gasteiger partial charge in [0.05, 0.1) is 31.5 Å². The lowest BCUT2D eigenvalue weighted by Crippen LogP contribution is -3.09. The molecular weight excluding hydrogens is 839 g/mol. The molecule has 1 amide bonds. The lowest BCUT2D eigenvalue weighted by atomic mass is 9.74. The summed E-state index contributed by atoms with van der Waals surface area (Å²) >= 11 is 0. The molecule has 0 aromatic heterocycles. The number of nitrogens with zero attached hydrogens (tertiary/aromatic N) is 2. The first-order valence-electron chi connectivity index (χ1n) is 20.8. The second-order valence-corrected chi connectivity index (χ2v) is 16.3. The number of aldehydes is 1. The van der Waals surface area contributed by atoms with Gasteiger partial charge in [0.25, 0.3) is 11.7 Å². The number of aliphatic hydroxyl groups is 7. The first-order valence-corrected chi connectivity index (χ1v) is 20.8. The van der Waals surface area contributed by atoms with Gasteiger partial charge in [0.15, 0.2) is 35.3 Å². The van der Waals surface area contributed by atoms with Gasteiger partial charge in [-0.15, -0.1) is 0 Å². The number of hydrogen-bond donors (Lipinski definition) is 10. The van der Waals surface area contributed by atoms with Gasteiger partial charge in [-0.25, -0.2) is 9.89 Å². The predicted molar refractivity (Wildman–Crippen MR) is 221 cm³/mol. The van der Waals surface area contributed by atoms with Crippen molar-refractivity contribution in [3.8, 4) is 11.5 Å². The predicted octanol–water partition coefficient (Wildman–Crippen LogP) is -1.84. The Morgan fingerprint density at radius 3 is 2.55 bits per heavy atom. The number of guanidine groups is 1. The number of aliphatic imine (C=N–C) groups is 2. The van der Waals surface area contributed by atoms with Crippen LogP contribution in [0.4, 0.5) is 5.69 Å². The standard InChI is InChI=1S/C44H47N5O15/c45-43-47-40-33(41(59)48-43)46-20-49(40)29-6-2-1-5-25(29)31-22(4-3-11-50)17-61-19-30-36(57)39(58)44(60,10-13-52)42(63-30)64-37-28(31)15-27-32(38(37)62-18-23(54)9-12-51)35(56)26-14-21(16-53)7-8-24(26)34(27)55/h1-2,5-8,12,14-15,22-23,30-31,36,39,42,50,52-54,57-58,60H,3-4,9-11,13,16-20H2,(H2,45,48,59)/p+1. The van der Waals surface area contributed by atoms with Crippen molar-refractivity contribution < 1.29 is 78.8 Å². The summed E-state index contributed by atoms with van der Waals surface area (Å²) in [6.45, 7) is -2.56. The number of rotatable bonds is 13. The number of amidine groups is 1. The quantitative estimate of drug-likeness (QED) is 0.0661. The number of hydrogen-bond acceptors (Lipinski definition) is 17. The fraction of sp³-hybridized carbons (Fsp3) is 0.432. The maximum atomic E-state index is 14.8. The summed E-state index contributed by atoms with van der Waals surface area (Å²) in [6.07, 6.45) is -8.55. The number of benzene rings is 3. The molecule has 64 heavy (non-hydrogen) atoms. The highest BCUT2D eigenvalue weighted by atomic mass is 16.7. The van der Waals surface area contributed by atoms with Crippen molar-refractivity contribution in [3.63, 3.8) is 0 Å². The molecule has 3 aromatic carbocycles. The van der Waals surface area contributed by atoms with Crippen molar-refractivity contribution in [2.24, 2.45) is 15.9 Å². The van der Waals surface area contributed by atoms with Gasteiger partial charge in [-0.2, -0.15) is 4.99 Å². The van der Waals surface area contributed by atoms with Crippen LogP contribution in [0.3, 0.4) is 0 Å². The van der Waals surface area contributed by atoms with E-state index in [4.69, 9.17) is 24.4 Å². The van der Waals surface area contributed by atoms with Gasteiger partial charge >= 0.3 is 0 Å². The minimum Gasteiger partial charge on any atom is -0.486 e. The summed E-state index contributed by atoms with van der Waals surface area (Å²) in [4.78, 5) is 63.4. The van der Waals surface area contributed by atoms with Crippen molar-refractivity contribution in [1.29, 1.82) is 5.41 Å². The molecule has 0 saturated carbocycles. The number of amides is 1. The second kappa shape index (κ2) is 18.4. The number of ether oxygens (including phenoxy) is 4. The summed E-state index contributed by atoms with van der Waals surface area (Å²) in [6, 6.07) is 12.7. The molecular formula is C44H48N5O15+. The second-order valence-electron chi connectivity index (χ2n) is 16.3. The molecule has 20 heteroatoms. The highest BCUT2D eigenvalue weighted by Crippen LogP contribution is 2.51. The maximum Gasteiger partial charge on any atom is 0.284 e. The molecule has 1 aliphatic carbocycles. The van der Waals surface area contributed by atoms with E-state index in [1.54, 1.807) is 24.3 Å². The molecule has 2 bridgehead atoms. The van der Waals surface area contributed by atoms with Gasteiger partial charge in [0, 0.05) is 59.8 Å². The number of carbonyl (C=O) groups excluding carboxylic acids is 4. The van der Waals surface area contributed by atoms with Crippen LogP contribution in [0.25, 0.3) is 0 Å². The summed E-state index contributed by atoms with van der Waals surface area (Å²) < 4.78 is 25.5. The molecule has 1 fully saturated rings. The van der Waals surface area contributed by atoms with Crippen molar-refractivity contribution in [1.82, 2.24) is 5.32 Å². The van der Waals surface area contributed by atoms with Crippen molar-refractivity contribution in [3.05, 3.63) is 87.5 Å². The molecule has 5 aliphatic rings. The number of quaternary nitrogens is 1. The normalized spacial score (nSPS) is 28.0. The summed E-state index contributed by atoms with van der Waals surface area (Å²) in [5.74, 6) is -4.65. The molecule has 4 heterocycles. The molecule has 10 N–H and O–H groups in total. The largest absolute Gasteiger partial charge is 0.486 e. The molecule has 4 aliphatic heterocycles. The maximum absolute atomic E-state index is 14.8. The Bertz CT molecular complexity index is 2440. The topological polar surface area (TPSA) is 312 Å². The smallest absolute Gasteiger partial charge is 0.284 e. The van der Waals surface area contributed by atoms with Crippen LogP contribution in [-0.2, 0) is 25.7 Å². The van der Waals surface area contributed by atoms with Gasteiger partial charge in [0.1, 0.15) is 36.9 Å². The highest BCUT2D eigenvalue weighted by molar-refractivity contribution is 6.68. The van der Waals surface area contributed by atoms with E-state index in [0.717, 1.165) is 0 Å². The van der Waals surface area contributed by atoms with Crippen LogP contribution in [0.2, 0.25) is 0 Å². The molecule has 9 unspecified atom stereocenters. The molecule has 0 radical (unpaired) electrons. The lowest BCUT2D eigenvalue weighted by molar-refractivity contribution is -0.723. The van der Waals surface area contributed by atoms with Crippen molar-refractivity contribution in [2.75, 3.05) is 39.7 Å². The summed E-state index contributed by atoms with van der Waals surface area (Å²) in [7, 11) is 0. The first kappa shape index (κ1) is 44.9. The molecule has 8 rings (SSSR count). The molecule has 3 aromatic rings. The van der Waals surface area contributed by atoms with Crippen LogP contribution in [-0.4, -0.2) is 153 Å². The van der Waals surface area contributed by atoms with E-state index in [1.807, 2.05) is 0 Å². The van der Waals surface area contributed by atoms with E-state index >= 15 is 0 Å². The van der Waals surface area contributed by atoms with E-state index in [9.17, 15) is 54.9 Å². The Morgan fingerprint density at radius 2 is 1.80 bits per heavy atom. The summed E-state index contributed by atoms with van der Waals surface area (Å²) in [5, 5.41) is 86.8. The third kappa shape index (κ3) is 7.95. The van der Waals surface area contributed by atoms with Gasteiger partial charge in [-0.3, -0.25) is 25.1 Å². The average Bonchev–Trinajstić information content (AvgIpc) is 3.70. The van der Waals surface area contributed by atoms with E-state index in [2.05, 4.69) is 15.3 Å². The number of nitrogens with one attached hydrogen (secondary N) is 3. The fourth-order valence-corrected chi connectivity index (χ4v) is 9.11. The van der Waals surface area contributed by atoms with Crippen LogP contribution in [0.5, 0.6) is 11.5 Å². The van der Waals surface area contributed by atoms with Gasteiger partial charge in [-0.1, -0.05) is 24.3 Å². The number of carbonyl (C=O) groups is 4. The van der Waals surface area contributed by atoms with E-state index in [1.165, 1.54) is 24.3 Å². The Labute approximate surface area is 364 Å². The zero-order valence-corrected chi connectivity index (χ0v) is 34.3. The zero-order chi connectivity index (χ0) is 45.4. The van der Waals surface area contributed by atoms with Crippen LogP contribution < -0.4 is 19.7 Å². The lowest BCUT2D eigenvalue weighted by Gasteiger charge is -2.47. The molecule has 0 spiro atoms. The minimum absolute atomic E-state index is 0.00593. The summed E-state index contributed by atoms with van der Waals surface area (Å²) in [5.41, 5.74) is -1.65. The zero-order valence-electron chi connectivity index (χ0n) is 34.3. The van der Waals surface area contributed by atoms with E-state index in [-0.39, 0.29) is 90.9 Å². The SMILES string of the molecule is N=C1N=C2C(=NC[NH+]2c2ccccc2C2c3cc4c(c(OCC(O)CC=O)c3OC3OC(COCC2CCCO)C(O)C(O)C3(O)CCO)C(=O)c2cc(CO)ccc2C4=O)C(=O)N1. The van der Waals surface area contributed by atoms with Crippen LogP contribution in [0.1, 0.15) is 80.1 Å². The minimum atomic E-state index is -2.54.